The number of benzene rings is 2. The topological polar surface area (TPSA) is 113 Å². The van der Waals surface area contributed by atoms with Crippen LogP contribution in [0.15, 0.2) is 57.9 Å². The molecule has 1 aliphatic rings. The van der Waals surface area contributed by atoms with Crippen molar-refractivity contribution >= 4 is 42.7 Å². The molecular weight excluding hydrogens is 472 g/mol. The third kappa shape index (κ3) is 4.61. The predicted molar refractivity (Wildman–Crippen MR) is 106 cm³/mol. The number of hydrogen-bond acceptors (Lipinski definition) is 6. The maximum atomic E-state index is 13.0. The SMILES string of the molecule is O=C(NO)[C@@H]1C[S@@](=O)CCN1S(=O)(=O)c1ccc(Oc2ccc(Br)cc2)cc1. The highest BCUT2D eigenvalue weighted by Crippen LogP contribution is 2.27. The number of hydrogen-bond donors (Lipinski definition) is 2. The van der Waals surface area contributed by atoms with E-state index < -0.39 is 32.8 Å². The summed E-state index contributed by atoms with van der Waals surface area (Å²) in [5.74, 6) is 0.0877. The molecule has 0 unspecified atom stereocenters. The molecule has 2 aromatic carbocycles. The molecule has 1 fully saturated rings. The van der Waals surface area contributed by atoms with Gasteiger partial charge in [0, 0.05) is 33.3 Å². The summed E-state index contributed by atoms with van der Waals surface area (Å²) in [6.45, 7) is -0.0792. The Morgan fingerprint density at radius 1 is 1.14 bits per heavy atom. The fourth-order valence-corrected chi connectivity index (χ4v) is 6.03. The third-order valence-corrected chi connectivity index (χ3v) is 7.90. The maximum absolute atomic E-state index is 13.0. The highest BCUT2D eigenvalue weighted by molar-refractivity contribution is 9.10. The second-order valence-corrected chi connectivity index (χ2v) is 10.4. The summed E-state index contributed by atoms with van der Waals surface area (Å²) in [6.07, 6.45) is 0. The van der Waals surface area contributed by atoms with Crippen molar-refractivity contribution in [3.05, 3.63) is 53.0 Å². The molecule has 1 amide bonds. The van der Waals surface area contributed by atoms with E-state index in [1.54, 1.807) is 12.1 Å². The molecule has 0 saturated carbocycles. The Hall–Kier alpha value is -1.79. The number of nitrogens with zero attached hydrogens (tertiary/aromatic N) is 1. The molecule has 0 aromatic heterocycles. The quantitative estimate of drug-likeness (QED) is 0.490. The molecule has 1 heterocycles. The molecule has 0 radical (unpaired) electrons. The second kappa shape index (κ2) is 8.70. The predicted octanol–water partition coefficient (Wildman–Crippen LogP) is 1.87. The molecule has 0 bridgehead atoms. The van der Waals surface area contributed by atoms with Crippen molar-refractivity contribution in [3.63, 3.8) is 0 Å². The average molecular weight is 489 g/mol. The van der Waals surface area contributed by atoms with Gasteiger partial charge in [-0.25, -0.2) is 13.9 Å². The van der Waals surface area contributed by atoms with E-state index in [0.717, 1.165) is 8.78 Å². The highest BCUT2D eigenvalue weighted by atomic mass is 79.9. The Labute approximate surface area is 173 Å². The number of halogens is 1. The number of amides is 1. The normalized spacial score (nSPS) is 20.5. The van der Waals surface area contributed by atoms with Crippen molar-refractivity contribution in [2.45, 2.75) is 10.9 Å². The first-order chi connectivity index (χ1) is 13.3. The van der Waals surface area contributed by atoms with Gasteiger partial charge in [-0.2, -0.15) is 4.31 Å². The average Bonchev–Trinajstić information content (AvgIpc) is 2.69. The van der Waals surface area contributed by atoms with Crippen molar-refractivity contribution in [2.24, 2.45) is 0 Å². The monoisotopic (exact) mass is 488 g/mol. The van der Waals surface area contributed by atoms with Gasteiger partial charge in [-0.05, 0) is 48.5 Å². The summed E-state index contributed by atoms with van der Waals surface area (Å²) >= 11 is 3.33. The number of carbonyl (C=O) groups is 1. The van der Waals surface area contributed by atoms with Crippen molar-refractivity contribution in [2.75, 3.05) is 18.1 Å². The van der Waals surface area contributed by atoms with Crippen LogP contribution in [0.2, 0.25) is 0 Å². The molecule has 2 N–H and O–H groups in total. The Morgan fingerprint density at radius 3 is 2.29 bits per heavy atom. The molecule has 28 heavy (non-hydrogen) atoms. The first-order valence-corrected chi connectivity index (χ1v) is 11.9. The van der Waals surface area contributed by atoms with E-state index in [9.17, 15) is 17.4 Å². The van der Waals surface area contributed by atoms with E-state index in [0.29, 0.717) is 11.5 Å². The maximum Gasteiger partial charge on any atom is 0.262 e. The van der Waals surface area contributed by atoms with Gasteiger partial charge in [-0.1, -0.05) is 15.9 Å². The number of rotatable bonds is 5. The van der Waals surface area contributed by atoms with Crippen LogP contribution in [0.3, 0.4) is 0 Å². The van der Waals surface area contributed by atoms with Crippen LogP contribution in [0.4, 0.5) is 0 Å². The first-order valence-electron chi connectivity index (χ1n) is 8.15. The van der Waals surface area contributed by atoms with Gasteiger partial charge in [0.2, 0.25) is 10.0 Å². The van der Waals surface area contributed by atoms with Crippen molar-refractivity contribution in [3.8, 4) is 11.5 Å². The molecule has 0 aliphatic carbocycles. The van der Waals surface area contributed by atoms with Crippen molar-refractivity contribution < 1.29 is 27.4 Å². The first kappa shape index (κ1) is 20.9. The van der Waals surface area contributed by atoms with Gasteiger partial charge < -0.3 is 4.74 Å². The highest BCUT2D eigenvalue weighted by Gasteiger charge is 2.40. The standard InChI is InChI=1S/C17H17BrN2O6S2/c18-12-1-3-13(4-2-12)26-14-5-7-15(8-6-14)28(24,25)20-9-10-27(23)11-16(20)17(21)19-22/h1-8,16,22H,9-11H2,(H,19,21)/t16-,27-/m0/s1. The van der Waals surface area contributed by atoms with Gasteiger partial charge in [0.1, 0.15) is 17.5 Å². The van der Waals surface area contributed by atoms with Crippen molar-refractivity contribution in [1.82, 2.24) is 9.79 Å². The van der Waals surface area contributed by atoms with Crippen LogP contribution in [0, 0.1) is 0 Å². The van der Waals surface area contributed by atoms with Crippen LogP contribution in [-0.4, -0.2) is 52.1 Å². The van der Waals surface area contributed by atoms with Crippen LogP contribution < -0.4 is 10.2 Å². The van der Waals surface area contributed by atoms with Crippen LogP contribution in [0.1, 0.15) is 0 Å². The van der Waals surface area contributed by atoms with Crippen LogP contribution >= 0.6 is 15.9 Å². The molecule has 150 valence electrons. The van der Waals surface area contributed by atoms with E-state index in [-0.39, 0.29) is 22.9 Å². The number of nitrogens with one attached hydrogen (secondary N) is 1. The number of sulfonamides is 1. The fourth-order valence-electron chi connectivity index (χ4n) is 2.71. The Bertz CT molecular complexity index is 980. The Balaban J connectivity index is 1.82. The van der Waals surface area contributed by atoms with Crippen LogP contribution in [-0.2, 0) is 25.6 Å². The summed E-state index contributed by atoms with van der Waals surface area (Å²) in [5, 5.41) is 8.88. The van der Waals surface area contributed by atoms with Gasteiger partial charge in [0.05, 0.1) is 4.90 Å². The van der Waals surface area contributed by atoms with Gasteiger partial charge in [0.15, 0.2) is 0 Å². The Kier molecular flexibility index (Phi) is 6.50. The lowest BCUT2D eigenvalue weighted by molar-refractivity contribution is -0.132. The summed E-state index contributed by atoms with van der Waals surface area (Å²) < 4.78 is 45.2. The summed E-state index contributed by atoms with van der Waals surface area (Å²) in [5.41, 5.74) is 1.45. The minimum absolute atomic E-state index is 0.0286. The summed E-state index contributed by atoms with van der Waals surface area (Å²) in [4.78, 5) is 11.8. The molecule has 1 saturated heterocycles. The lowest BCUT2D eigenvalue weighted by atomic mass is 10.3. The molecular formula is C17H17BrN2O6S2. The van der Waals surface area contributed by atoms with E-state index >= 15 is 0 Å². The summed E-state index contributed by atoms with van der Waals surface area (Å²) in [7, 11) is -5.35. The third-order valence-electron chi connectivity index (χ3n) is 4.12. The second-order valence-electron chi connectivity index (χ2n) is 5.95. The van der Waals surface area contributed by atoms with Crippen LogP contribution in [0.25, 0.3) is 0 Å². The summed E-state index contributed by atoms with van der Waals surface area (Å²) in [6, 6.07) is 11.7. The van der Waals surface area contributed by atoms with Gasteiger partial charge in [-0.15, -0.1) is 0 Å². The lowest BCUT2D eigenvalue weighted by Gasteiger charge is -2.32. The molecule has 1 aliphatic heterocycles. The molecule has 2 aromatic rings. The van der Waals surface area contributed by atoms with E-state index in [1.165, 1.54) is 29.7 Å². The number of ether oxygens (including phenoxy) is 1. The van der Waals surface area contributed by atoms with Gasteiger partial charge in [-0.3, -0.25) is 14.2 Å². The number of hydroxylamine groups is 1. The smallest absolute Gasteiger partial charge is 0.262 e. The van der Waals surface area contributed by atoms with E-state index in [2.05, 4.69) is 15.9 Å². The van der Waals surface area contributed by atoms with Gasteiger partial charge >= 0.3 is 0 Å². The molecule has 3 rings (SSSR count). The Morgan fingerprint density at radius 2 is 1.71 bits per heavy atom. The minimum Gasteiger partial charge on any atom is -0.457 e. The largest absolute Gasteiger partial charge is 0.457 e. The molecule has 0 spiro atoms. The van der Waals surface area contributed by atoms with Gasteiger partial charge in [0.25, 0.3) is 5.91 Å². The minimum atomic E-state index is -4.02. The molecule has 11 heteroatoms. The zero-order valence-electron chi connectivity index (χ0n) is 14.4. The number of carbonyl (C=O) groups excluding carboxylic acids is 1. The lowest BCUT2D eigenvalue weighted by Crippen LogP contribution is -2.55. The zero-order valence-corrected chi connectivity index (χ0v) is 17.7. The zero-order chi connectivity index (χ0) is 20.3. The van der Waals surface area contributed by atoms with Crippen LogP contribution in [0.5, 0.6) is 11.5 Å². The molecule has 8 nitrogen and oxygen atoms in total. The fraction of sp³-hybridized carbons (Fsp3) is 0.235. The van der Waals surface area contributed by atoms with E-state index in [4.69, 9.17) is 9.94 Å². The van der Waals surface area contributed by atoms with E-state index in [1.807, 2.05) is 12.1 Å². The molecule has 2 atom stereocenters. The van der Waals surface area contributed by atoms with Crippen molar-refractivity contribution in [1.29, 1.82) is 0 Å².